The highest BCUT2D eigenvalue weighted by Gasteiger charge is 2.25. The first kappa shape index (κ1) is 22.1. The number of nitrogens with zero attached hydrogens (tertiary/aromatic N) is 3. The third-order valence-corrected chi connectivity index (χ3v) is 7.34. The van der Waals surface area contributed by atoms with Crippen molar-refractivity contribution >= 4 is 38.4 Å². The van der Waals surface area contributed by atoms with E-state index in [1.807, 2.05) is 26.0 Å². The molecule has 2 N–H and O–H groups in total. The van der Waals surface area contributed by atoms with Crippen LogP contribution in [0.2, 0.25) is 0 Å². The Morgan fingerprint density at radius 3 is 2.59 bits per heavy atom. The monoisotopic (exact) mass is 470 g/mol. The van der Waals surface area contributed by atoms with Gasteiger partial charge >= 0.3 is 0 Å². The van der Waals surface area contributed by atoms with Gasteiger partial charge in [-0.2, -0.15) is 0 Å². The van der Waals surface area contributed by atoms with Crippen molar-refractivity contribution in [1.29, 1.82) is 0 Å². The van der Waals surface area contributed by atoms with Crippen LogP contribution < -0.4 is 5.14 Å². The SMILES string of the molecule is Cc1ccc(-c2cc(C(=O)N(C)C(C)c3cccc(S(N)(=O)=O)c3)c3c(C)noc3n2)s1. The predicted octanol–water partition coefficient (Wildman–Crippen LogP) is 4.05. The standard InChI is InChI=1S/C22H22N4O4S2/c1-12-8-9-19(31-12)18-11-17(20-13(2)25-30-21(20)24-18)22(27)26(4)14(3)15-6-5-7-16(10-15)32(23,28)29/h5-11,14H,1-4H3,(H2,23,28,29). The molecule has 0 fully saturated rings. The molecule has 32 heavy (non-hydrogen) atoms. The molecule has 1 unspecified atom stereocenters. The Balaban J connectivity index is 1.77. The summed E-state index contributed by atoms with van der Waals surface area (Å²) in [6.07, 6.45) is 0. The van der Waals surface area contributed by atoms with E-state index in [4.69, 9.17) is 9.66 Å². The summed E-state index contributed by atoms with van der Waals surface area (Å²) in [5.74, 6) is -0.258. The van der Waals surface area contributed by atoms with Gasteiger partial charge in [0.15, 0.2) is 0 Å². The summed E-state index contributed by atoms with van der Waals surface area (Å²) in [5.41, 5.74) is 2.57. The van der Waals surface area contributed by atoms with Crippen molar-refractivity contribution in [2.24, 2.45) is 5.14 Å². The van der Waals surface area contributed by atoms with E-state index in [1.165, 1.54) is 12.1 Å². The fourth-order valence-corrected chi connectivity index (χ4v) is 4.90. The molecule has 0 bridgehead atoms. The molecule has 0 aliphatic carbocycles. The molecule has 0 spiro atoms. The maximum Gasteiger partial charge on any atom is 0.259 e. The number of thiophene rings is 1. The number of pyridine rings is 1. The van der Waals surface area contributed by atoms with Gasteiger partial charge in [0, 0.05) is 11.9 Å². The highest BCUT2D eigenvalue weighted by atomic mass is 32.2. The molecule has 3 heterocycles. The van der Waals surface area contributed by atoms with E-state index in [0.29, 0.717) is 33.6 Å². The molecule has 3 aromatic heterocycles. The summed E-state index contributed by atoms with van der Waals surface area (Å²) < 4.78 is 28.8. The lowest BCUT2D eigenvalue weighted by atomic mass is 10.0. The van der Waals surface area contributed by atoms with Gasteiger partial charge in [0.1, 0.15) is 0 Å². The molecule has 166 valence electrons. The zero-order valence-corrected chi connectivity index (χ0v) is 19.6. The molecule has 0 aliphatic rings. The normalized spacial score (nSPS) is 12.8. The Bertz CT molecular complexity index is 1440. The lowest BCUT2D eigenvalue weighted by Gasteiger charge is -2.26. The first-order valence-electron chi connectivity index (χ1n) is 9.80. The van der Waals surface area contributed by atoms with Gasteiger partial charge in [-0.3, -0.25) is 4.79 Å². The zero-order valence-electron chi connectivity index (χ0n) is 18.0. The average Bonchev–Trinajstić information content (AvgIpc) is 3.36. The van der Waals surface area contributed by atoms with Gasteiger partial charge in [-0.25, -0.2) is 18.5 Å². The molecule has 4 rings (SSSR count). The fraction of sp³-hybridized carbons (Fsp3) is 0.227. The number of benzene rings is 1. The Morgan fingerprint density at radius 1 is 1.19 bits per heavy atom. The average molecular weight is 471 g/mol. The lowest BCUT2D eigenvalue weighted by molar-refractivity contribution is 0.0744. The molecule has 4 aromatic rings. The smallest absolute Gasteiger partial charge is 0.259 e. The van der Waals surface area contributed by atoms with Crippen LogP contribution in [0, 0.1) is 13.8 Å². The van der Waals surface area contributed by atoms with Crippen molar-refractivity contribution in [3.05, 3.63) is 64.2 Å². The van der Waals surface area contributed by atoms with E-state index in [9.17, 15) is 13.2 Å². The maximum atomic E-state index is 13.6. The van der Waals surface area contributed by atoms with Crippen LogP contribution in [0.4, 0.5) is 0 Å². The van der Waals surface area contributed by atoms with Gasteiger partial charge in [-0.1, -0.05) is 17.3 Å². The molecule has 1 atom stereocenters. The Kier molecular flexibility index (Phi) is 5.61. The number of carbonyl (C=O) groups is 1. The Hall–Kier alpha value is -3.08. The Morgan fingerprint density at radius 2 is 1.94 bits per heavy atom. The van der Waals surface area contributed by atoms with E-state index < -0.39 is 16.1 Å². The van der Waals surface area contributed by atoms with Crippen molar-refractivity contribution in [3.8, 4) is 10.6 Å². The van der Waals surface area contributed by atoms with Crippen LogP contribution in [0.3, 0.4) is 0 Å². The molecule has 0 saturated heterocycles. The van der Waals surface area contributed by atoms with Crippen LogP contribution in [0.5, 0.6) is 0 Å². The third-order valence-electron chi connectivity index (χ3n) is 5.41. The molecule has 0 aliphatic heterocycles. The van der Waals surface area contributed by atoms with Crippen LogP contribution in [-0.2, 0) is 10.0 Å². The first-order chi connectivity index (χ1) is 15.1. The number of hydrogen-bond donors (Lipinski definition) is 1. The zero-order chi connectivity index (χ0) is 23.2. The summed E-state index contributed by atoms with van der Waals surface area (Å²) in [6, 6.07) is 11.6. The summed E-state index contributed by atoms with van der Waals surface area (Å²) >= 11 is 1.57. The van der Waals surface area contributed by atoms with Gasteiger partial charge in [-0.05, 0) is 56.7 Å². The molecule has 1 amide bonds. The lowest BCUT2D eigenvalue weighted by Crippen LogP contribution is -2.30. The van der Waals surface area contributed by atoms with Crippen molar-refractivity contribution in [2.45, 2.75) is 31.7 Å². The second-order valence-electron chi connectivity index (χ2n) is 7.62. The molecular formula is C22H22N4O4S2. The van der Waals surface area contributed by atoms with Gasteiger partial charge in [0.25, 0.3) is 11.6 Å². The topological polar surface area (TPSA) is 119 Å². The molecule has 10 heteroatoms. The molecular weight excluding hydrogens is 448 g/mol. The summed E-state index contributed by atoms with van der Waals surface area (Å²) in [4.78, 5) is 21.7. The highest BCUT2D eigenvalue weighted by molar-refractivity contribution is 7.89. The number of fused-ring (bicyclic) bond motifs is 1. The molecule has 0 saturated carbocycles. The number of sulfonamides is 1. The number of carbonyl (C=O) groups excluding carboxylic acids is 1. The number of hydrogen-bond acceptors (Lipinski definition) is 7. The van der Waals surface area contributed by atoms with E-state index in [0.717, 1.165) is 9.75 Å². The quantitative estimate of drug-likeness (QED) is 0.470. The van der Waals surface area contributed by atoms with Crippen LogP contribution in [-0.4, -0.2) is 36.4 Å². The van der Waals surface area contributed by atoms with Gasteiger partial charge in [-0.15, -0.1) is 11.3 Å². The van der Waals surface area contributed by atoms with Gasteiger partial charge < -0.3 is 9.42 Å². The van der Waals surface area contributed by atoms with Crippen molar-refractivity contribution < 1.29 is 17.7 Å². The number of rotatable bonds is 5. The minimum atomic E-state index is -3.85. The van der Waals surface area contributed by atoms with Crippen molar-refractivity contribution in [3.63, 3.8) is 0 Å². The molecule has 8 nitrogen and oxygen atoms in total. The van der Waals surface area contributed by atoms with E-state index in [2.05, 4.69) is 10.1 Å². The largest absolute Gasteiger partial charge is 0.335 e. The van der Waals surface area contributed by atoms with E-state index in [1.54, 1.807) is 48.4 Å². The number of amides is 1. The molecule has 0 radical (unpaired) electrons. The van der Waals surface area contributed by atoms with Gasteiger partial charge in [0.05, 0.1) is 38.2 Å². The number of primary sulfonamides is 1. The summed E-state index contributed by atoms with van der Waals surface area (Å²) in [6.45, 7) is 5.59. The van der Waals surface area contributed by atoms with Crippen LogP contribution in [0.15, 0.2) is 51.9 Å². The second kappa shape index (κ2) is 8.12. The fourth-order valence-electron chi connectivity index (χ4n) is 3.50. The second-order valence-corrected chi connectivity index (χ2v) is 10.5. The number of aryl methyl sites for hydroxylation is 2. The third kappa shape index (κ3) is 4.04. The van der Waals surface area contributed by atoms with Crippen LogP contribution >= 0.6 is 11.3 Å². The minimum absolute atomic E-state index is 0.000712. The maximum absolute atomic E-state index is 13.6. The highest BCUT2D eigenvalue weighted by Crippen LogP contribution is 2.32. The predicted molar refractivity (Wildman–Crippen MR) is 123 cm³/mol. The van der Waals surface area contributed by atoms with E-state index >= 15 is 0 Å². The minimum Gasteiger partial charge on any atom is -0.335 e. The summed E-state index contributed by atoms with van der Waals surface area (Å²) in [5, 5.41) is 9.82. The van der Waals surface area contributed by atoms with Crippen LogP contribution in [0.25, 0.3) is 21.7 Å². The van der Waals surface area contributed by atoms with Crippen molar-refractivity contribution in [1.82, 2.24) is 15.0 Å². The molecule has 1 aromatic carbocycles. The number of nitrogens with two attached hydrogens (primary N) is 1. The van der Waals surface area contributed by atoms with Crippen LogP contribution in [0.1, 0.15) is 39.5 Å². The van der Waals surface area contributed by atoms with E-state index in [-0.39, 0.29) is 10.8 Å². The first-order valence-corrected chi connectivity index (χ1v) is 12.2. The summed E-state index contributed by atoms with van der Waals surface area (Å²) in [7, 11) is -2.18. The Labute approximate surface area is 189 Å². The van der Waals surface area contributed by atoms with Crippen molar-refractivity contribution in [2.75, 3.05) is 7.05 Å². The van der Waals surface area contributed by atoms with Gasteiger partial charge in [0.2, 0.25) is 10.0 Å². The number of aromatic nitrogens is 2.